The van der Waals surface area contributed by atoms with Crippen molar-refractivity contribution in [1.29, 1.82) is 0 Å². The van der Waals surface area contributed by atoms with Crippen LogP contribution in [0.1, 0.15) is 57.2 Å². The number of halogens is 2. The number of hydrogen-bond acceptors (Lipinski definition) is 1. The molecule has 0 aliphatic rings. The van der Waals surface area contributed by atoms with Gasteiger partial charge in [-0.25, -0.2) is 8.78 Å². The summed E-state index contributed by atoms with van der Waals surface area (Å²) in [5.41, 5.74) is 3.65. The van der Waals surface area contributed by atoms with Crippen LogP contribution >= 0.6 is 0 Å². The Hall–Kier alpha value is -1.90. The second-order valence-electron chi connectivity index (χ2n) is 6.88. The molecule has 0 aliphatic heterocycles. The molecule has 0 amide bonds. The van der Waals surface area contributed by atoms with Crippen molar-refractivity contribution in [2.45, 2.75) is 60.3 Å². The predicted molar refractivity (Wildman–Crippen MR) is 105 cm³/mol. The number of benzene rings is 2. The fourth-order valence-electron chi connectivity index (χ4n) is 3.17. The topological polar surface area (TPSA) is 9.23 Å². The zero-order valence-electron chi connectivity index (χ0n) is 16.6. The fraction of sp³-hybridized carbons (Fsp3) is 0.478. The van der Waals surface area contributed by atoms with Crippen LogP contribution in [0.5, 0.6) is 5.75 Å². The molecule has 0 aromatic heterocycles. The molecule has 0 fully saturated rings. The molecule has 2 aromatic rings. The van der Waals surface area contributed by atoms with Crippen LogP contribution < -0.4 is 4.74 Å². The van der Waals surface area contributed by atoms with Crippen molar-refractivity contribution in [3.05, 3.63) is 52.6 Å². The van der Waals surface area contributed by atoms with Gasteiger partial charge in [0.25, 0.3) is 0 Å². The minimum Gasteiger partial charge on any atom is -0.493 e. The maximum absolute atomic E-state index is 14.0. The van der Waals surface area contributed by atoms with Gasteiger partial charge in [0.15, 0.2) is 0 Å². The van der Waals surface area contributed by atoms with E-state index in [1.54, 1.807) is 0 Å². The summed E-state index contributed by atoms with van der Waals surface area (Å²) in [6.45, 7) is 10.7. The largest absolute Gasteiger partial charge is 0.493 e. The molecule has 0 bridgehead atoms. The SMILES string of the molecule is CCc1cc(-c2cc(F)c(C)c(F)c2)c(CC)cc1OCC(CC)CC. The van der Waals surface area contributed by atoms with E-state index in [2.05, 4.69) is 27.7 Å². The van der Waals surface area contributed by atoms with Gasteiger partial charge in [0, 0.05) is 5.56 Å². The molecule has 0 heterocycles. The molecule has 0 aliphatic carbocycles. The minimum atomic E-state index is -0.505. The summed E-state index contributed by atoms with van der Waals surface area (Å²) >= 11 is 0. The highest BCUT2D eigenvalue weighted by Crippen LogP contribution is 2.33. The second-order valence-corrected chi connectivity index (χ2v) is 6.88. The molecular formula is C23H30F2O. The Morgan fingerprint density at radius 2 is 1.42 bits per heavy atom. The average Bonchev–Trinajstić information content (AvgIpc) is 2.65. The Bertz CT molecular complexity index is 725. The van der Waals surface area contributed by atoms with Crippen molar-refractivity contribution < 1.29 is 13.5 Å². The number of aryl methyl sites for hydroxylation is 2. The Kier molecular flexibility index (Phi) is 7.19. The van der Waals surface area contributed by atoms with Crippen LogP contribution in [0.25, 0.3) is 11.1 Å². The minimum absolute atomic E-state index is 0.0626. The van der Waals surface area contributed by atoms with Gasteiger partial charge in [0.2, 0.25) is 0 Å². The molecular weight excluding hydrogens is 330 g/mol. The lowest BCUT2D eigenvalue weighted by atomic mass is 9.93. The lowest BCUT2D eigenvalue weighted by Gasteiger charge is -2.19. The lowest BCUT2D eigenvalue weighted by Crippen LogP contribution is -2.11. The monoisotopic (exact) mass is 360 g/mol. The maximum Gasteiger partial charge on any atom is 0.129 e. The lowest BCUT2D eigenvalue weighted by molar-refractivity contribution is 0.238. The van der Waals surface area contributed by atoms with E-state index in [-0.39, 0.29) is 5.56 Å². The van der Waals surface area contributed by atoms with E-state index < -0.39 is 11.6 Å². The van der Waals surface area contributed by atoms with E-state index in [0.29, 0.717) is 18.1 Å². The summed E-state index contributed by atoms with van der Waals surface area (Å²) in [5, 5.41) is 0. The summed E-state index contributed by atoms with van der Waals surface area (Å²) in [6, 6.07) is 6.94. The van der Waals surface area contributed by atoms with Crippen molar-refractivity contribution in [1.82, 2.24) is 0 Å². The molecule has 0 saturated heterocycles. The van der Waals surface area contributed by atoms with Gasteiger partial charge >= 0.3 is 0 Å². The van der Waals surface area contributed by atoms with Gasteiger partial charge in [0.05, 0.1) is 6.61 Å². The first kappa shape index (κ1) is 20.4. The standard InChI is InChI=1S/C23H30F2O/c1-6-16(7-2)14-26-23-13-17(8-3)20(10-18(23)9-4)19-11-21(24)15(5)22(25)12-19/h10-13,16H,6-9,14H2,1-5H3. The van der Waals surface area contributed by atoms with E-state index in [0.717, 1.165) is 48.1 Å². The molecule has 0 atom stereocenters. The van der Waals surface area contributed by atoms with Crippen LogP contribution in [0.15, 0.2) is 24.3 Å². The van der Waals surface area contributed by atoms with Crippen LogP contribution in [-0.2, 0) is 12.8 Å². The average molecular weight is 360 g/mol. The smallest absolute Gasteiger partial charge is 0.129 e. The van der Waals surface area contributed by atoms with Crippen molar-refractivity contribution in [3.63, 3.8) is 0 Å². The third kappa shape index (κ3) is 4.44. The van der Waals surface area contributed by atoms with Gasteiger partial charge in [-0.15, -0.1) is 0 Å². The van der Waals surface area contributed by atoms with Crippen LogP contribution in [-0.4, -0.2) is 6.61 Å². The fourth-order valence-corrected chi connectivity index (χ4v) is 3.17. The van der Waals surface area contributed by atoms with Crippen molar-refractivity contribution in [3.8, 4) is 16.9 Å². The van der Waals surface area contributed by atoms with E-state index in [4.69, 9.17) is 4.74 Å². The summed E-state index contributed by atoms with van der Waals surface area (Å²) in [4.78, 5) is 0. The highest BCUT2D eigenvalue weighted by molar-refractivity contribution is 5.70. The Morgan fingerprint density at radius 1 is 0.846 bits per heavy atom. The third-order valence-corrected chi connectivity index (χ3v) is 5.27. The van der Waals surface area contributed by atoms with Gasteiger partial charge in [-0.05, 0) is 72.2 Å². The summed E-state index contributed by atoms with van der Waals surface area (Å²) in [5.74, 6) is 0.432. The van der Waals surface area contributed by atoms with Crippen LogP contribution in [0.4, 0.5) is 8.78 Å². The van der Waals surface area contributed by atoms with Crippen molar-refractivity contribution in [2.75, 3.05) is 6.61 Å². The molecule has 3 heteroatoms. The first-order valence-corrected chi connectivity index (χ1v) is 9.69. The first-order chi connectivity index (χ1) is 12.4. The zero-order chi connectivity index (χ0) is 19.3. The zero-order valence-corrected chi connectivity index (χ0v) is 16.6. The molecule has 0 radical (unpaired) electrons. The van der Waals surface area contributed by atoms with Gasteiger partial charge in [-0.2, -0.15) is 0 Å². The Balaban J connectivity index is 2.46. The van der Waals surface area contributed by atoms with Gasteiger partial charge in [0.1, 0.15) is 17.4 Å². The number of ether oxygens (including phenoxy) is 1. The molecule has 0 spiro atoms. The maximum atomic E-state index is 14.0. The summed E-state index contributed by atoms with van der Waals surface area (Å²) < 4.78 is 34.2. The Labute approximate surface area is 156 Å². The summed E-state index contributed by atoms with van der Waals surface area (Å²) in [7, 11) is 0. The van der Waals surface area contributed by atoms with E-state index in [9.17, 15) is 8.78 Å². The van der Waals surface area contributed by atoms with Crippen LogP contribution in [0.2, 0.25) is 0 Å². The van der Waals surface area contributed by atoms with Crippen LogP contribution in [0, 0.1) is 24.5 Å². The highest BCUT2D eigenvalue weighted by Gasteiger charge is 2.15. The van der Waals surface area contributed by atoms with E-state index >= 15 is 0 Å². The molecule has 1 nitrogen and oxygen atoms in total. The molecule has 26 heavy (non-hydrogen) atoms. The van der Waals surface area contributed by atoms with Crippen LogP contribution in [0.3, 0.4) is 0 Å². The molecule has 0 saturated carbocycles. The van der Waals surface area contributed by atoms with Crippen molar-refractivity contribution in [2.24, 2.45) is 5.92 Å². The van der Waals surface area contributed by atoms with E-state index in [1.165, 1.54) is 19.1 Å². The number of rotatable bonds is 8. The van der Waals surface area contributed by atoms with Gasteiger partial charge in [-0.3, -0.25) is 0 Å². The van der Waals surface area contributed by atoms with Crippen molar-refractivity contribution >= 4 is 0 Å². The Morgan fingerprint density at radius 3 is 1.92 bits per heavy atom. The first-order valence-electron chi connectivity index (χ1n) is 9.69. The third-order valence-electron chi connectivity index (χ3n) is 5.27. The molecule has 142 valence electrons. The molecule has 2 rings (SSSR count). The molecule has 0 N–H and O–H groups in total. The van der Waals surface area contributed by atoms with Gasteiger partial charge in [-0.1, -0.05) is 40.5 Å². The molecule has 2 aromatic carbocycles. The second kappa shape index (κ2) is 9.16. The highest BCUT2D eigenvalue weighted by atomic mass is 19.1. The van der Waals surface area contributed by atoms with E-state index in [1.807, 2.05) is 12.1 Å². The quantitative estimate of drug-likeness (QED) is 0.498. The summed E-state index contributed by atoms with van der Waals surface area (Å²) in [6.07, 6.45) is 3.78. The predicted octanol–water partition coefficient (Wildman–Crippen LogP) is 6.88. The normalized spacial score (nSPS) is 11.2. The number of hydrogen-bond donors (Lipinski definition) is 0. The van der Waals surface area contributed by atoms with Gasteiger partial charge < -0.3 is 4.74 Å². The molecule has 0 unspecified atom stereocenters.